The smallest absolute Gasteiger partial charge is 0.317 e. The molecule has 2 rings (SSSR count). The summed E-state index contributed by atoms with van der Waals surface area (Å²) < 4.78 is 27.4. The molecule has 0 aliphatic heterocycles. The van der Waals surface area contributed by atoms with Gasteiger partial charge in [0.1, 0.15) is 0 Å². The van der Waals surface area contributed by atoms with Crippen LogP contribution in [0, 0.1) is 6.92 Å². The molecule has 122 valence electrons. The molecule has 0 saturated heterocycles. The van der Waals surface area contributed by atoms with Gasteiger partial charge in [0.05, 0.1) is 11.4 Å². The van der Waals surface area contributed by atoms with E-state index in [2.05, 4.69) is 4.72 Å². The van der Waals surface area contributed by atoms with Crippen LogP contribution in [0.5, 0.6) is 0 Å². The van der Waals surface area contributed by atoms with E-state index in [0.29, 0.717) is 29.8 Å². The average molecular weight is 326 g/mol. The van der Waals surface area contributed by atoms with E-state index in [0.717, 1.165) is 0 Å². The van der Waals surface area contributed by atoms with E-state index >= 15 is 0 Å². The van der Waals surface area contributed by atoms with Gasteiger partial charge in [-0.25, -0.2) is 13.1 Å². The Hall–Kier alpha value is -1.44. The minimum atomic E-state index is -3.51. The Bertz CT molecular complexity index is 639. The van der Waals surface area contributed by atoms with Crippen LogP contribution in [0.25, 0.3) is 0 Å². The van der Waals surface area contributed by atoms with Crippen LogP contribution in [0.2, 0.25) is 0 Å². The molecule has 0 unspecified atom stereocenters. The minimum Gasteiger partial charge on any atom is -0.480 e. The van der Waals surface area contributed by atoms with Gasteiger partial charge in [0.25, 0.3) is 0 Å². The highest BCUT2D eigenvalue weighted by atomic mass is 32.2. The van der Waals surface area contributed by atoms with Crippen molar-refractivity contribution in [2.45, 2.75) is 43.7 Å². The predicted octanol–water partition coefficient (Wildman–Crippen LogP) is 1.21. The molecule has 6 nitrogen and oxygen atoms in total. The Kier molecular flexibility index (Phi) is 5.20. The number of hydrogen-bond acceptors (Lipinski definition) is 4. The normalized spacial score (nSPS) is 21.6. The third kappa shape index (κ3) is 3.85. The van der Waals surface area contributed by atoms with E-state index in [1.807, 2.05) is 11.8 Å². The van der Waals surface area contributed by atoms with E-state index in [4.69, 9.17) is 5.11 Å². The molecule has 0 radical (unpaired) electrons. The maximum absolute atomic E-state index is 12.4. The molecule has 2 N–H and O–H groups in total. The fourth-order valence-electron chi connectivity index (χ4n) is 2.80. The van der Waals surface area contributed by atoms with Gasteiger partial charge in [-0.15, -0.1) is 0 Å². The fourth-order valence-corrected chi connectivity index (χ4v) is 4.30. The largest absolute Gasteiger partial charge is 0.480 e. The minimum absolute atomic E-state index is 0.00156. The zero-order chi connectivity index (χ0) is 16.3. The van der Waals surface area contributed by atoms with Gasteiger partial charge in [-0.1, -0.05) is 25.1 Å². The van der Waals surface area contributed by atoms with Gasteiger partial charge >= 0.3 is 5.97 Å². The highest BCUT2D eigenvalue weighted by Crippen LogP contribution is 2.27. The zero-order valence-corrected chi connectivity index (χ0v) is 13.6. The number of nitrogens with zero attached hydrogens (tertiary/aromatic N) is 1. The van der Waals surface area contributed by atoms with E-state index in [9.17, 15) is 13.2 Å². The first-order valence-corrected chi connectivity index (χ1v) is 8.85. The summed E-state index contributed by atoms with van der Waals surface area (Å²) in [5.74, 6) is -0.856. The van der Waals surface area contributed by atoms with Crippen molar-refractivity contribution in [2.24, 2.45) is 0 Å². The molecule has 1 aliphatic rings. The van der Waals surface area contributed by atoms with Crippen molar-refractivity contribution in [3.8, 4) is 0 Å². The molecule has 22 heavy (non-hydrogen) atoms. The fraction of sp³-hybridized carbons (Fsp3) is 0.533. The van der Waals surface area contributed by atoms with Gasteiger partial charge < -0.3 is 5.11 Å². The molecule has 1 aromatic rings. The Balaban J connectivity index is 1.95. The third-order valence-corrected chi connectivity index (χ3v) is 5.76. The number of likely N-dealkylation sites (N-methyl/N-ethyl adjacent to an activating group) is 1. The average Bonchev–Trinajstić information content (AvgIpc) is 2.40. The molecule has 7 heteroatoms. The van der Waals surface area contributed by atoms with Crippen molar-refractivity contribution in [3.63, 3.8) is 0 Å². The van der Waals surface area contributed by atoms with Crippen LogP contribution in [0.1, 0.15) is 25.3 Å². The lowest BCUT2D eigenvalue weighted by molar-refractivity contribution is -0.139. The summed E-state index contributed by atoms with van der Waals surface area (Å²) >= 11 is 0. The van der Waals surface area contributed by atoms with E-state index < -0.39 is 16.0 Å². The van der Waals surface area contributed by atoms with E-state index in [-0.39, 0.29) is 18.6 Å². The number of benzene rings is 1. The molecule has 0 aromatic heterocycles. The summed E-state index contributed by atoms with van der Waals surface area (Å²) in [7, 11) is -3.51. The third-order valence-electron chi connectivity index (χ3n) is 4.08. The van der Waals surface area contributed by atoms with Crippen molar-refractivity contribution >= 4 is 16.0 Å². The van der Waals surface area contributed by atoms with Crippen molar-refractivity contribution in [3.05, 3.63) is 29.8 Å². The SMILES string of the molecule is CCN(CC(=O)O)C1CC(NS(=O)(=O)c2ccccc2C)C1. The van der Waals surface area contributed by atoms with Gasteiger partial charge in [0.15, 0.2) is 0 Å². The molecular weight excluding hydrogens is 304 g/mol. The summed E-state index contributed by atoms with van der Waals surface area (Å²) in [5, 5.41) is 8.86. The van der Waals surface area contributed by atoms with Gasteiger partial charge in [-0.05, 0) is 37.9 Å². The van der Waals surface area contributed by atoms with Crippen LogP contribution >= 0.6 is 0 Å². The summed E-state index contributed by atoms with van der Waals surface area (Å²) in [6, 6.07) is 6.87. The Labute approximate surface area is 131 Å². The van der Waals surface area contributed by atoms with Gasteiger partial charge in [0, 0.05) is 12.1 Å². The van der Waals surface area contributed by atoms with Crippen LogP contribution in [-0.2, 0) is 14.8 Å². The van der Waals surface area contributed by atoms with Crippen molar-refractivity contribution in [1.82, 2.24) is 9.62 Å². The topological polar surface area (TPSA) is 86.7 Å². The number of carbonyl (C=O) groups is 1. The van der Waals surface area contributed by atoms with Crippen LogP contribution in [-0.4, -0.2) is 49.6 Å². The highest BCUT2D eigenvalue weighted by Gasteiger charge is 2.36. The zero-order valence-electron chi connectivity index (χ0n) is 12.8. The number of rotatable bonds is 7. The molecule has 1 aliphatic carbocycles. The predicted molar refractivity (Wildman–Crippen MR) is 83.2 cm³/mol. The number of carboxylic acids is 1. The second kappa shape index (κ2) is 6.76. The van der Waals surface area contributed by atoms with Gasteiger partial charge in [-0.3, -0.25) is 9.69 Å². The van der Waals surface area contributed by atoms with Crippen LogP contribution in [0.4, 0.5) is 0 Å². The monoisotopic (exact) mass is 326 g/mol. The first-order chi connectivity index (χ1) is 10.3. The molecule has 1 fully saturated rings. The summed E-state index contributed by atoms with van der Waals surface area (Å²) in [6.45, 7) is 4.32. The van der Waals surface area contributed by atoms with E-state index in [1.54, 1.807) is 31.2 Å². The first kappa shape index (κ1) is 16.9. The summed E-state index contributed by atoms with van der Waals surface area (Å²) in [6.07, 6.45) is 1.29. The number of sulfonamides is 1. The molecular formula is C15H22N2O4S. The van der Waals surface area contributed by atoms with Crippen molar-refractivity contribution in [1.29, 1.82) is 0 Å². The molecule has 0 bridgehead atoms. The quantitative estimate of drug-likeness (QED) is 0.786. The Morgan fingerprint density at radius 2 is 2.00 bits per heavy atom. The maximum atomic E-state index is 12.4. The number of hydrogen-bond donors (Lipinski definition) is 2. The van der Waals surface area contributed by atoms with Crippen LogP contribution in [0.3, 0.4) is 0 Å². The molecule has 0 spiro atoms. The standard InChI is InChI=1S/C15H22N2O4S/c1-3-17(10-15(18)19)13-8-12(9-13)16-22(20,21)14-7-5-4-6-11(14)2/h4-7,12-13,16H,3,8-10H2,1-2H3,(H,18,19). The van der Waals surface area contributed by atoms with Gasteiger partial charge in [-0.2, -0.15) is 0 Å². The summed E-state index contributed by atoms with van der Waals surface area (Å²) in [5.41, 5.74) is 0.715. The lowest BCUT2D eigenvalue weighted by atomic mass is 9.86. The lowest BCUT2D eigenvalue weighted by Crippen LogP contribution is -2.54. The lowest BCUT2D eigenvalue weighted by Gasteiger charge is -2.42. The molecule has 0 heterocycles. The van der Waals surface area contributed by atoms with Crippen molar-refractivity contribution < 1.29 is 18.3 Å². The summed E-state index contributed by atoms with van der Waals surface area (Å²) in [4.78, 5) is 13.0. The molecule has 1 aromatic carbocycles. The first-order valence-electron chi connectivity index (χ1n) is 7.37. The number of nitrogens with one attached hydrogen (secondary N) is 1. The van der Waals surface area contributed by atoms with Crippen LogP contribution in [0.15, 0.2) is 29.2 Å². The van der Waals surface area contributed by atoms with Gasteiger partial charge in [0.2, 0.25) is 10.0 Å². The van der Waals surface area contributed by atoms with E-state index in [1.165, 1.54) is 0 Å². The highest BCUT2D eigenvalue weighted by molar-refractivity contribution is 7.89. The second-order valence-electron chi connectivity index (χ2n) is 5.67. The van der Waals surface area contributed by atoms with Crippen molar-refractivity contribution in [2.75, 3.05) is 13.1 Å². The Morgan fingerprint density at radius 1 is 1.36 bits per heavy atom. The Morgan fingerprint density at radius 3 is 2.55 bits per heavy atom. The molecule has 1 saturated carbocycles. The molecule has 0 atom stereocenters. The second-order valence-corrected chi connectivity index (χ2v) is 7.35. The number of aliphatic carboxylic acids is 1. The molecule has 0 amide bonds. The number of carboxylic acid groups (broad SMARTS) is 1. The maximum Gasteiger partial charge on any atom is 0.317 e. The van der Waals surface area contributed by atoms with Crippen LogP contribution < -0.4 is 4.72 Å². The number of aryl methyl sites for hydroxylation is 1.